The fourth-order valence-electron chi connectivity index (χ4n) is 3.86. The molecule has 134 valence electrons. The molecule has 1 saturated heterocycles. The number of sulfonamides is 1. The summed E-state index contributed by atoms with van der Waals surface area (Å²) in [5.41, 5.74) is 0. The Labute approximate surface area is 144 Å². The first-order valence-electron chi connectivity index (χ1n) is 9.04. The van der Waals surface area contributed by atoms with Crippen LogP contribution in [-0.2, 0) is 10.0 Å². The molecule has 1 aromatic rings. The summed E-state index contributed by atoms with van der Waals surface area (Å²) in [6.45, 7) is 3.92. The van der Waals surface area contributed by atoms with Crippen molar-refractivity contribution in [2.24, 2.45) is 5.92 Å². The van der Waals surface area contributed by atoms with E-state index in [-0.39, 0.29) is 4.90 Å². The Balaban J connectivity index is 1.61. The molecule has 0 unspecified atom stereocenters. The molecule has 1 aromatic carbocycles. The van der Waals surface area contributed by atoms with Gasteiger partial charge < -0.3 is 4.90 Å². The van der Waals surface area contributed by atoms with Gasteiger partial charge in [-0.3, -0.25) is 0 Å². The van der Waals surface area contributed by atoms with Crippen molar-refractivity contribution >= 4 is 10.0 Å². The molecule has 3 rings (SSSR count). The zero-order chi connectivity index (χ0) is 17.0. The molecule has 0 spiro atoms. The van der Waals surface area contributed by atoms with Gasteiger partial charge in [-0.25, -0.2) is 12.8 Å². The molecule has 1 aliphatic carbocycles. The molecule has 0 N–H and O–H groups in total. The van der Waals surface area contributed by atoms with E-state index in [1.807, 2.05) is 0 Å². The second-order valence-corrected chi connectivity index (χ2v) is 8.95. The van der Waals surface area contributed by atoms with E-state index in [9.17, 15) is 12.8 Å². The Morgan fingerprint density at radius 2 is 1.62 bits per heavy atom. The fourth-order valence-corrected chi connectivity index (χ4v) is 5.33. The van der Waals surface area contributed by atoms with Gasteiger partial charge in [-0.05, 0) is 56.0 Å². The van der Waals surface area contributed by atoms with Crippen LogP contribution in [0.4, 0.5) is 4.39 Å². The first kappa shape index (κ1) is 17.8. The molecule has 4 nitrogen and oxygen atoms in total. The van der Waals surface area contributed by atoms with Gasteiger partial charge >= 0.3 is 0 Å². The number of benzene rings is 1. The van der Waals surface area contributed by atoms with Crippen LogP contribution >= 0.6 is 0 Å². The van der Waals surface area contributed by atoms with Crippen molar-refractivity contribution in [2.45, 2.75) is 43.4 Å². The Hall–Kier alpha value is -0.980. The number of nitrogens with zero attached hydrogens (tertiary/aromatic N) is 2. The van der Waals surface area contributed by atoms with E-state index in [1.165, 1.54) is 56.4 Å². The van der Waals surface area contributed by atoms with Crippen molar-refractivity contribution < 1.29 is 12.8 Å². The molecular weight excluding hydrogens is 327 g/mol. The third kappa shape index (κ3) is 4.35. The molecule has 1 saturated carbocycles. The molecule has 0 aromatic heterocycles. The van der Waals surface area contributed by atoms with E-state index >= 15 is 0 Å². The SMILES string of the molecule is O=S(=O)(c1ccc(F)cc1)N1CCCN(CC2CCCCC2)CC1. The zero-order valence-electron chi connectivity index (χ0n) is 14.2. The third-order valence-corrected chi connectivity index (χ3v) is 7.15. The van der Waals surface area contributed by atoms with Crippen molar-refractivity contribution in [3.63, 3.8) is 0 Å². The van der Waals surface area contributed by atoms with E-state index in [2.05, 4.69) is 4.90 Å². The van der Waals surface area contributed by atoms with Crippen LogP contribution < -0.4 is 0 Å². The van der Waals surface area contributed by atoms with Crippen LogP contribution in [0.1, 0.15) is 38.5 Å². The topological polar surface area (TPSA) is 40.6 Å². The summed E-state index contributed by atoms with van der Waals surface area (Å²) in [7, 11) is -3.52. The molecule has 0 amide bonds. The minimum atomic E-state index is -3.52. The summed E-state index contributed by atoms with van der Waals surface area (Å²) in [4.78, 5) is 2.61. The third-order valence-electron chi connectivity index (χ3n) is 5.24. The van der Waals surface area contributed by atoms with Crippen molar-refractivity contribution in [1.82, 2.24) is 9.21 Å². The Kier molecular flexibility index (Phi) is 5.89. The van der Waals surface area contributed by atoms with E-state index < -0.39 is 15.8 Å². The summed E-state index contributed by atoms with van der Waals surface area (Å²) in [6, 6.07) is 5.13. The van der Waals surface area contributed by atoms with Crippen molar-refractivity contribution in [2.75, 3.05) is 32.7 Å². The van der Waals surface area contributed by atoms with Gasteiger partial charge in [0.15, 0.2) is 0 Å². The molecule has 0 atom stereocenters. The highest BCUT2D eigenvalue weighted by Crippen LogP contribution is 2.25. The highest BCUT2D eigenvalue weighted by atomic mass is 32.2. The van der Waals surface area contributed by atoms with Gasteiger partial charge in [-0.2, -0.15) is 4.31 Å². The fraction of sp³-hybridized carbons (Fsp3) is 0.667. The molecule has 24 heavy (non-hydrogen) atoms. The predicted octanol–water partition coefficient (Wildman–Crippen LogP) is 3.10. The van der Waals surface area contributed by atoms with E-state index in [1.54, 1.807) is 4.31 Å². The Morgan fingerprint density at radius 3 is 2.33 bits per heavy atom. The maximum absolute atomic E-state index is 13.0. The van der Waals surface area contributed by atoms with Gasteiger partial charge in [-0.15, -0.1) is 0 Å². The zero-order valence-corrected chi connectivity index (χ0v) is 15.0. The predicted molar refractivity (Wildman–Crippen MR) is 92.8 cm³/mol. The normalized spacial score (nSPS) is 22.4. The lowest BCUT2D eigenvalue weighted by Gasteiger charge is -2.28. The second kappa shape index (κ2) is 7.93. The lowest BCUT2D eigenvalue weighted by atomic mass is 9.89. The van der Waals surface area contributed by atoms with E-state index in [0.717, 1.165) is 32.0 Å². The monoisotopic (exact) mass is 354 g/mol. The van der Waals surface area contributed by atoms with Crippen molar-refractivity contribution in [3.8, 4) is 0 Å². The number of hydrogen-bond donors (Lipinski definition) is 0. The Bertz CT molecular complexity index is 627. The molecule has 6 heteroatoms. The van der Waals surface area contributed by atoms with Crippen LogP contribution in [0.25, 0.3) is 0 Å². The minimum absolute atomic E-state index is 0.185. The lowest BCUT2D eigenvalue weighted by molar-refractivity contribution is 0.208. The van der Waals surface area contributed by atoms with Gasteiger partial charge in [0, 0.05) is 26.2 Å². The molecule has 2 fully saturated rings. The number of hydrogen-bond acceptors (Lipinski definition) is 3. The largest absolute Gasteiger partial charge is 0.302 e. The quantitative estimate of drug-likeness (QED) is 0.834. The minimum Gasteiger partial charge on any atom is -0.302 e. The van der Waals surface area contributed by atoms with Crippen LogP contribution in [0, 0.1) is 11.7 Å². The Morgan fingerprint density at radius 1 is 0.917 bits per heavy atom. The summed E-state index contributed by atoms with van der Waals surface area (Å²) in [6.07, 6.45) is 7.52. The maximum Gasteiger partial charge on any atom is 0.243 e. The first-order valence-corrected chi connectivity index (χ1v) is 10.5. The average molecular weight is 354 g/mol. The number of halogens is 1. The second-order valence-electron chi connectivity index (χ2n) is 7.02. The van der Waals surface area contributed by atoms with E-state index in [4.69, 9.17) is 0 Å². The average Bonchev–Trinajstić information content (AvgIpc) is 2.82. The van der Waals surface area contributed by atoms with Gasteiger partial charge in [0.25, 0.3) is 0 Å². The smallest absolute Gasteiger partial charge is 0.243 e. The van der Waals surface area contributed by atoms with Crippen LogP contribution in [0.5, 0.6) is 0 Å². The van der Waals surface area contributed by atoms with Crippen LogP contribution in [0.2, 0.25) is 0 Å². The standard InChI is InChI=1S/C18H27FN2O2S/c19-17-7-9-18(10-8-17)24(22,23)21-12-4-11-20(13-14-21)15-16-5-2-1-3-6-16/h7-10,16H,1-6,11-15H2. The van der Waals surface area contributed by atoms with Gasteiger partial charge in [0.2, 0.25) is 10.0 Å². The highest BCUT2D eigenvalue weighted by Gasteiger charge is 2.27. The molecule has 0 bridgehead atoms. The highest BCUT2D eigenvalue weighted by molar-refractivity contribution is 7.89. The van der Waals surface area contributed by atoms with Gasteiger partial charge in [0.1, 0.15) is 5.82 Å². The summed E-state index contributed by atoms with van der Waals surface area (Å²) in [5.74, 6) is 0.363. The van der Waals surface area contributed by atoms with Crippen molar-refractivity contribution in [1.29, 1.82) is 0 Å². The van der Waals surface area contributed by atoms with Crippen LogP contribution in [0.3, 0.4) is 0 Å². The maximum atomic E-state index is 13.0. The van der Waals surface area contributed by atoms with Crippen LogP contribution in [-0.4, -0.2) is 50.3 Å². The summed E-state index contributed by atoms with van der Waals surface area (Å²) < 4.78 is 40.1. The van der Waals surface area contributed by atoms with Gasteiger partial charge in [0.05, 0.1) is 4.90 Å². The van der Waals surface area contributed by atoms with Crippen LogP contribution in [0.15, 0.2) is 29.2 Å². The molecule has 2 aliphatic rings. The summed E-state index contributed by atoms with van der Waals surface area (Å²) in [5, 5.41) is 0. The lowest BCUT2D eigenvalue weighted by Crippen LogP contribution is -2.36. The number of rotatable bonds is 4. The molecule has 1 heterocycles. The van der Waals surface area contributed by atoms with E-state index in [0.29, 0.717) is 13.1 Å². The van der Waals surface area contributed by atoms with Gasteiger partial charge in [-0.1, -0.05) is 19.3 Å². The summed E-state index contributed by atoms with van der Waals surface area (Å²) >= 11 is 0. The molecule has 1 aliphatic heterocycles. The molecular formula is C18H27FN2O2S. The van der Waals surface area contributed by atoms with Crippen molar-refractivity contribution in [3.05, 3.63) is 30.1 Å². The molecule has 0 radical (unpaired) electrons. The first-order chi connectivity index (χ1) is 11.6.